The van der Waals surface area contributed by atoms with E-state index >= 15 is 0 Å². The van der Waals surface area contributed by atoms with Crippen molar-refractivity contribution in [3.05, 3.63) is 0 Å². The molecule has 1 saturated carbocycles. The predicted molar refractivity (Wildman–Crippen MR) is 44.3 cm³/mol. The summed E-state index contributed by atoms with van der Waals surface area (Å²) in [5.74, 6) is 0. The van der Waals surface area contributed by atoms with Crippen LogP contribution in [0.1, 0.15) is 25.7 Å². The Kier molecular flexibility index (Phi) is 3.12. The quantitative estimate of drug-likeness (QED) is 0.430. The molecule has 2 heteroatoms. The van der Waals surface area contributed by atoms with Crippen LogP contribution >= 0.6 is 22.6 Å². The minimum atomic E-state index is 0.854. The SMILES string of the molecule is ICNC1CCCC1. The molecule has 0 heterocycles. The van der Waals surface area contributed by atoms with E-state index in [1.807, 2.05) is 0 Å². The van der Waals surface area contributed by atoms with Gasteiger partial charge in [0, 0.05) is 10.6 Å². The molecule has 0 aromatic carbocycles. The predicted octanol–water partition coefficient (Wildman–Crippen LogP) is 1.91. The van der Waals surface area contributed by atoms with Crippen molar-refractivity contribution in [2.75, 3.05) is 4.55 Å². The summed E-state index contributed by atoms with van der Waals surface area (Å²) < 4.78 is 1.11. The van der Waals surface area contributed by atoms with Crippen LogP contribution in [0.15, 0.2) is 0 Å². The van der Waals surface area contributed by atoms with Gasteiger partial charge in [-0.2, -0.15) is 0 Å². The molecule has 1 nitrogen and oxygen atoms in total. The van der Waals surface area contributed by atoms with Crippen LogP contribution in [0.3, 0.4) is 0 Å². The molecule has 1 fully saturated rings. The molecule has 8 heavy (non-hydrogen) atoms. The Morgan fingerprint density at radius 2 is 2.00 bits per heavy atom. The average Bonchev–Trinajstić information content (AvgIpc) is 2.19. The van der Waals surface area contributed by atoms with E-state index in [1.54, 1.807) is 0 Å². The highest BCUT2D eigenvalue weighted by Gasteiger charge is 2.12. The molecule has 0 amide bonds. The van der Waals surface area contributed by atoms with Crippen molar-refractivity contribution < 1.29 is 0 Å². The first-order valence-corrected chi connectivity index (χ1v) is 4.75. The van der Waals surface area contributed by atoms with Gasteiger partial charge in [-0.1, -0.05) is 35.4 Å². The van der Waals surface area contributed by atoms with E-state index in [0.29, 0.717) is 0 Å². The molecular weight excluding hydrogens is 213 g/mol. The van der Waals surface area contributed by atoms with Crippen molar-refractivity contribution in [2.24, 2.45) is 0 Å². The minimum Gasteiger partial charge on any atom is -0.305 e. The molecule has 1 rings (SSSR count). The van der Waals surface area contributed by atoms with Gasteiger partial charge >= 0.3 is 0 Å². The Hall–Kier alpha value is 0.690. The van der Waals surface area contributed by atoms with Gasteiger partial charge in [0.15, 0.2) is 0 Å². The Bertz CT molecular complexity index is 59.5. The molecule has 1 aliphatic carbocycles. The monoisotopic (exact) mass is 225 g/mol. The van der Waals surface area contributed by atoms with Gasteiger partial charge in [-0.05, 0) is 12.8 Å². The van der Waals surface area contributed by atoms with Gasteiger partial charge in [0.2, 0.25) is 0 Å². The normalized spacial score (nSPS) is 22.1. The second-order valence-corrected chi connectivity index (χ2v) is 3.08. The summed E-state index contributed by atoms with van der Waals surface area (Å²) in [4.78, 5) is 0. The summed E-state index contributed by atoms with van der Waals surface area (Å²) >= 11 is 2.37. The Labute approximate surface area is 64.4 Å². The Morgan fingerprint density at radius 3 is 2.50 bits per heavy atom. The number of hydrogen-bond donors (Lipinski definition) is 1. The molecule has 0 atom stereocenters. The number of hydrogen-bond acceptors (Lipinski definition) is 1. The minimum absolute atomic E-state index is 0.854. The zero-order valence-electron chi connectivity index (χ0n) is 4.99. The number of halogens is 1. The smallest absolute Gasteiger partial charge is 0.0482 e. The van der Waals surface area contributed by atoms with Crippen LogP contribution in [0.25, 0.3) is 0 Å². The molecule has 1 N–H and O–H groups in total. The molecule has 48 valence electrons. The molecule has 0 radical (unpaired) electrons. The lowest BCUT2D eigenvalue weighted by Gasteiger charge is -2.06. The van der Waals surface area contributed by atoms with Crippen LogP contribution < -0.4 is 5.32 Å². The lowest BCUT2D eigenvalue weighted by Crippen LogP contribution is -2.23. The van der Waals surface area contributed by atoms with Crippen molar-refractivity contribution in [3.63, 3.8) is 0 Å². The zero-order chi connectivity index (χ0) is 5.82. The van der Waals surface area contributed by atoms with Crippen LogP contribution in [-0.4, -0.2) is 10.6 Å². The second kappa shape index (κ2) is 3.67. The molecule has 0 spiro atoms. The van der Waals surface area contributed by atoms with Gasteiger partial charge in [0.1, 0.15) is 0 Å². The summed E-state index contributed by atoms with van der Waals surface area (Å²) in [6.07, 6.45) is 5.69. The van der Waals surface area contributed by atoms with E-state index in [9.17, 15) is 0 Å². The van der Waals surface area contributed by atoms with Crippen LogP contribution in [0.2, 0.25) is 0 Å². The first kappa shape index (κ1) is 6.81. The molecule has 0 bridgehead atoms. The lowest BCUT2D eigenvalue weighted by molar-refractivity contribution is 0.578. The Balaban J connectivity index is 2.06. The first-order valence-electron chi connectivity index (χ1n) is 3.23. The van der Waals surface area contributed by atoms with Gasteiger partial charge < -0.3 is 5.32 Å². The third-order valence-electron chi connectivity index (χ3n) is 1.72. The van der Waals surface area contributed by atoms with Gasteiger partial charge in [0.25, 0.3) is 0 Å². The van der Waals surface area contributed by atoms with E-state index in [2.05, 4.69) is 27.9 Å². The fourth-order valence-corrected chi connectivity index (χ4v) is 1.86. The molecular formula is C6H12IN. The summed E-state index contributed by atoms with van der Waals surface area (Å²) in [5.41, 5.74) is 0. The summed E-state index contributed by atoms with van der Waals surface area (Å²) in [6, 6.07) is 0.854. The molecule has 0 aliphatic heterocycles. The topological polar surface area (TPSA) is 12.0 Å². The highest BCUT2D eigenvalue weighted by molar-refractivity contribution is 14.1. The van der Waals surface area contributed by atoms with Crippen molar-refractivity contribution in [1.29, 1.82) is 0 Å². The van der Waals surface area contributed by atoms with Crippen LogP contribution in [-0.2, 0) is 0 Å². The summed E-state index contributed by atoms with van der Waals surface area (Å²) in [5, 5.41) is 3.43. The lowest BCUT2D eigenvalue weighted by atomic mass is 10.3. The molecule has 1 aliphatic rings. The molecule has 0 unspecified atom stereocenters. The van der Waals surface area contributed by atoms with Gasteiger partial charge in [-0.3, -0.25) is 0 Å². The van der Waals surface area contributed by atoms with E-state index < -0.39 is 0 Å². The van der Waals surface area contributed by atoms with Crippen molar-refractivity contribution >= 4 is 22.6 Å². The van der Waals surface area contributed by atoms with E-state index in [1.165, 1.54) is 25.7 Å². The number of nitrogens with one attached hydrogen (secondary N) is 1. The maximum Gasteiger partial charge on any atom is 0.0482 e. The third-order valence-corrected chi connectivity index (χ3v) is 2.16. The molecule has 0 aromatic rings. The van der Waals surface area contributed by atoms with Gasteiger partial charge in [0.05, 0.1) is 0 Å². The summed E-state index contributed by atoms with van der Waals surface area (Å²) in [6.45, 7) is 0. The maximum absolute atomic E-state index is 3.43. The fraction of sp³-hybridized carbons (Fsp3) is 1.00. The highest BCUT2D eigenvalue weighted by Crippen LogP contribution is 2.17. The average molecular weight is 225 g/mol. The van der Waals surface area contributed by atoms with Crippen molar-refractivity contribution in [2.45, 2.75) is 31.7 Å². The van der Waals surface area contributed by atoms with Gasteiger partial charge in [-0.25, -0.2) is 0 Å². The first-order chi connectivity index (χ1) is 3.93. The largest absolute Gasteiger partial charge is 0.305 e. The Morgan fingerprint density at radius 1 is 1.38 bits per heavy atom. The van der Waals surface area contributed by atoms with Crippen LogP contribution in [0, 0.1) is 0 Å². The molecule has 0 saturated heterocycles. The standard InChI is InChI=1S/C6H12IN/c7-5-8-6-3-1-2-4-6/h6,8H,1-5H2. The van der Waals surface area contributed by atoms with Crippen molar-refractivity contribution in [3.8, 4) is 0 Å². The van der Waals surface area contributed by atoms with Crippen LogP contribution in [0.4, 0.5) is 0 Å². The second-order valence-electron chi connectivity index (χ2n) is 2.32. The van der Waals surface area contributed by atoms with E-state index in [0.717, 1.165) is 10.6 Å². The maximum atomic E-state index is 3.43. The number of rotatable bonds is 2. The number of alkyl halides is 1. The van der Waals surface area contributed by atoms with E-state index in [-0.39, 0.29) is 0 Å². The molecule has 0 aromatic heterocycles. The van der Waals surface area contributed by atoms with E-state index in [4.69, 9.17) is 0 Å². The fourth-order valence-electron chi connectivity index (χ4n) is 1.24. The van der Waals surface area contributed by atoms with Gasteiger partial charge in [-0.15, -0.1) is 0 Å². The van der Waals surface area contributed by atoms with Crippen LogP contribution in [0.5, 0.6) is 0 Å². The third kappa shape index (κ3) is 1.90. The zero-order valence-corrected chi connectivity index (χ0v) is 7.15. The van der Waals surface area contributed by atoms with Crippen molar-refractivity contribution in [1.82, 2.24) is 5.32 Å². The highest BCUT2D eigenvalue weighted by atomic mass is 127. The summed E-state index contributed by atoms with van der Waals surface area (Å²) in [7, 11) is 0.